The number of fused-ring (bicyclic) bond motifs is 1. The maximum atomic E-state index is 12.8. The van der Waals surface area contributed by atoms with Crippen molar-refractivity contribution in [3.8, 4) is 6.07 Å². The van der Waals surface area contributed by atoms with Crippen molar-refractivity contribution in [2.75, 3.05) is 31.1 Å². The summed E-state index contributed by atoms with van der Waals surface area (Å²) in [7, 11) is 0. The van der Waals surface area contributed by atoms with Crippen LogP contribution in [0.5, 0.6) is 0 Å². The highest BCUT2D eigenvalue weighted by Crippen LogP contribution is 2.49. The van der Waals surface area contributed by atoms with Crippen LogP contribution in [0.2, 0.25) is 5.15 Å². The average molecular weight is 571 g/mol. The number of carbonyl (C=O) groups excluding carboxylic acids is 1. The third kappa shape index (κ3) is 4.81. The molecule has 0 atom stereocenters. The SMILES string of the molecule is CC1(NSc2cc(N3CCN(C(=O)C4CCC4)CC3)c3c(Cl)nc(C(=N)SC(=N)C4(C#N)CC4)n3c2)CC1. The lowest BCUT2D eigenvalue weighted by molar-refractivity contribution is -0.138. The molecule has 6 rings (SSSR count). The molecule has 1 saturated heterocycles. The van der Waals surface area contributed by atoms with E-state index in [2.05, 4.69) is 33.7 Å². The number of nitrogens with zero attached hydrogens (tertiary/aromatic N) is 5. The molecule has 1 aliphatic heterocycles. The van der Waals surface area contributed by atoms with Gasteiger partial charge in [-0.25, -0.2) is 4.98 Å². The Morgan fingerprint density at radius 3 is 2.50 bits per heavy atom. The van der Waals surface area contributed by atoms with E-state index >= 15 is 0 Å². The number of hydrogen-bond acceptors (Lipinski definition) is 9. The van der Waals surface area contributed by atoms with Gasteiger partial charge in [0.05, 0.1) is 16.8 Å². The predicted octanol–water partition coefficient (Wildman–Crippen LogP) is 4.93. The van der Waals surface area contributed by atoms with Crippen molar-refractivity contribution in [1.29, 1.82) is 16.1 Å². The number of nitriles is 1. The van der Waals surface area contributed by atoms with Gasteiger partial charge in [0.15, 0.2) is 11.0 Å². The summed E-state index contributed by atoms with van der Waals surface area (Å²) < 4.78 is 5.42. The van der Waals surface area contributed by atoms with Crippen LogP contribution in [-0.4, -0.2) is 62.0 Å². The first kappa shape index (κ1) is 26.0. The van der Waals surface area contributed by atoms with Crippen molar-refractivity contribution < 1.29 is 4.79 Å². The lowest BCUT2D eigenvalue weighted by atomic mass is 9.84. The fourth-order valence-corrected chi connectivity index (χ4v) is 6.95. The van der Waals surface area contributed by atoms with Crippen molar-refractivity contribution in [3.05, 3.63) is 23.2 Å². The van der Waals surface area contributed by atoms with Crippen LogP contribution in [-0.2, 0) is 4.79 Å². The number of piperazine rings is 1. The van der Waals surface area contributed by atoms with Gasteiger partial charge in [-0.2, -0.15) is 5.26 Å². The molecule has 1 amide bonds. The maximum absolute atomic E-state index is 12.8. The third-order valence-corrected chi connectivity index (χ3v) is 10.6. The number of carbonyl (C=O) groups is 1. The first-order chi connectivity index (χ1) is 18.2. The van der Waals surface area contributed by atoms with Gasteiger partial charge in [-0.3, -0.25) is 24.7 Å². The number of hydrogen-bond donors (Lipinski definition) is 3. The quantitative estimate of drug-likeness (QED) is 0.245. The molecule has 0 bridgehead atoms. The van der Waals surface area contributed by atoms with E-state index < -0.39 is 5.41 Å². The molecule has 38 heavy (non-hydrogen) atoms. The first-order valence-electron chi connectivity index (χ1n) is 13.2. The number of amides is 1. The van der Waals surface area contributed by atoms with Gasteiger partial charge in [-0.1, -0.05) is 29.8 Å². The fraction of sp³-hybridized carbons (Fsp3) is 0.577. The van der Waals surface area contributed by atoms with E-state index in [1.807, 2.05) is 15.5 Å². The van der Waals surface area contributed by atoms with Gasteiger partial charge in [0.25, 0.3) is 0 Å². The molecular formula is C26H31ClN8OS2. The molecule has 4 fully saturated rings. The molecule has 3 N–H and O–H groups in total. The summed E-state index contributed by atoms with van der Waals surface area (Å²) in [6, 6.07) is 4.35. The number of thioether (sulfide) groups is 1. The highest BCUT2D eigenvalue weighted by molar-refractivity contribution is 8.26. The van der Waals surface area contributed by atoms with Crippen LogP contribution in [0.3, 0.4) is 0 Å². The Balaban J connectivity index is 1.29. The van der Waals surface area contributed by atoms with Crippen molar-refractivity contribution in [2.24, 2.45) is 11.3 Å². The fourth-order valence-electron chi connectivity index (χ4n) is 4.90. The van der Waals surface area contributed by atoms with Crippen LogP contribution >= 0.6 is 35.3 Å². The van der Waals surface area contributed by atoms with E-state index in [9.17, 15) is 10.1 Å². The van der Waals surface area contributed by atoms with Crippen molar-refractivity contribution in [2.45, 2.75) is 62.3 Å². The van der Waals surface area contributed by atoms with Crippen LogP contribution in [0.4, 0.5) is 5.69 Å². The van der Waals surface area contributed by atoms with E-state index in [-0.39, 0.29) is 27.5 Å². The van der Waals surface area contributed by atoms with E-state index in [1.165, 1.54) is 0 Å². The van der Waals surface area contributed by atoms with Gasteiger partial charge in [0.2, 0.25) is 5.91 Å². The molecule has 3 aliphatic carbocycles. The summed E-state index contributed by atoms with van der Waals surface area (Å²) in [6.45, 7) is 4.95. The van der Waals surface area contributed by atoms with Gasteiger partial charge in [0, 0.05) is 48.7 Å². The molecule has 2 aromatic rings. The van der Waals surface area contributed by atoms with Gasteiger partial charge < -0.3 is 9.80 Å². The second-order valence-corrected chi connectivity index (χ2v) is 13.4. The molecule has 0 spiro atoms. The monoisotopic (exact) mass is 570 g/mol. The van der Waals surface area contributed by atoms with Crippen LogP contribution in [0, 0.1) is 33.5 Å². The van der Waals surface area contributed by atoms with Crippen molar-refractivity contribution >= 4 is 62.5 Å². The molecular weight excluding hydrogens is 540 g/mol. The smallest absolute Gasteiger partial charge is 0.225 e. The number of halogens is 1. The zero-order chi connectivity index (χ0) is 26.7. The molecule has 2 aromatic heterocycles. The molecule has 0 radical (unpaired) electrons. The maximum Gasteiger partial charge on any atom is 0.225 e. The number of rotatable bonds is 7. The standard InChI is InChI=1S/C26H31ClN8OS2/c1-25(5-6-25)32-38-17-13-18(33-9-11-34(12-10-33)23(36)16-3-2-4-16)19-20(27)31-22(35(19)14-17)21(29)37-24(30)26(15-28)7-8-26/h13-14,16,29-30,32H,2-12H2,1H3. The van der Waals surface area contributed by atoms with E-state index in [4.69, 9.17) is 22.4 Å². The van der Waals surface area contributed by atoms with Crippen LogP contribution in [0.15, 0.2) is 17.2 Å². The molecule has 4 aliphatic rings. The number of anilines is 1. The Morgan fingerprint density at radius 1 is 1.21 bits per heavy atom. The summed E-state index contributed by atoms with van der Waals surface area (Å²) in [5.74, 6) is 0.858. The van der Waals surface area contributed by atoms with Crippen LogP contribution in [0.1, 0.15) is 57.7 Å². The lowest BCUT2D eigenvalue weighted by Gasteiger charge is -2.39. The molecule has 0 unspecified atom stereocenters. The lowest BCUT2D eigenvalue weighted by Crippen LogP contribution is -2.51. The Morgan fingerprint density at radius 2 is 1.92 bits per heavy atom. The first-order valence-corrected chi connectivity index (χ1v) is 15.2. The highest BCUT2D eigenvalue weighted by Gasteiger charge is 2.48. The number of aromatic nitrogens is 2. The normalized spacial score (nSPS) is 21.6. The largest absolute Gasteiger partial charge is 0.366 e. The van der Waals surface area contributed by atoms with Gasteiger partial charge in [-0.15, -0.1) is 0 Å². The summed E-state index contributed by atoms with van der Waals surface area (Å²) >= 11 is 9.27. The molecule has 3 saturated carbocycles. The summed E-state index contributed by atoms with van der Waals surface area (Å²) in [5, 5.41) is 27.3. The predicted molar refractivity (Wildman–Crippen MR) is 152 cm³/mol. The zero-order valence-corrected chi connectivity index (χ0v) is 23.7. The van der Waals surface area contributed by atoms with E-state index in [0.29, 0.717) is 50.0 Å². The number of nitrogens with one attached hydrogen (secondary N) is 3. The molecule has 3 heterocycles. The minimum Gasteiger partial charge on any atom is -0.366 e. The van der Waals surface area contributed by atoms with E-state index in [1.54, 1.807) is 11.9 Å². The zero-order valence-electron chi connectivity index (χ0n) is 21.3. The Hall–Kier alpha value is -2.26. The summed E-state index contributed by atoms with van der Waals surface area (Å²) in [6.07, 6.45) is 8.72. The number of imidazole rings is 1. The highest BCUT2D eigenvalue weighted by atomic mass is 35.5. The Labute approximate surface area is 235 Å². The van der Waals surface area contributed by atoms with Crippen LogP contribution < -0.4 is 9.62 Å². The van der Waals surface area contributed by atoms with Crippen molar-refractivity contribution in [1.82, 2.24) is 19.0 Å². The molecule has 200 valence electrons. The summed E-state index contributed by atoms with van der Waals surface area (Å²) in [4.78, 5) is 22.6. The topological polar surface area (TPSA) is 124 Å². The molecule has 9 nitrogen and oxygen atoms in total. The molecule has 12 heteroatoms. The summed E-state index contributed by atoms with van der Waals surface area (Å²) in [5.41, 5.74) is 1.04. The minimum atomic E-state index is -0.750. The Kier molecular flexibility index (Phi) is 6.66. The number of pyridine rings is 1. The Bertz CT molecular complexity index is 1360. The average Bonchev–Trinajstić information content (AvgIpc) is 3.80. The van der Waals surface area contributed by atoms with Gasteiger partial charge in [0.1, 0.15) is 16.0 Å². The third-order valence-electron chi connectivity index (χ3n) is 8.25. The second kappa shape index (κ2) is 9.73. The van der Waals surface area contributed by atoms with E-state index in [0.717, 1.165) is 60.0 Å². The van der Waals surface area contributed by atoms with Gasteiger partial charge >= 0.3 is 0 Å². The van der Waals surface area contributed by atoms with Crippen LogP contribution in [0.25, 0.3) is 5.52 Å². The minimum absolute atomic E-state index is 0.101. The van der Waals surface area contributed by atoms with Gasteiger partial charge in [-0.05, 0) is 63.5 Å². The van der Waals surface area contributed by atoms with Crippen molar-refractivity contribution in [3.63, 3.8) is 0 Å². The molecule has 0 aromatic carbocycles. The second-order valence-electron chi connectivity index (χ2n) is 11.2.